The second-order valence-corrected chi connectivity index (χ2v) is 7.05. The Morgan fingerprint density at radius 2 is 1.77 bits per heavy atom. The van der Waals surface area contributed by atoms with Gasteiger partial charge >= 0.3 is 0 Å². The highest BCUT2D eigenvalue weighted by molar-refractivity contribution is 5.96. The van der Waals surface area contributed by atoms with Crippen molar-refractivity contribution in [3.05, 3.63) is 65.7 Å². The van der Waals surface area contributed by atoms with Crippen LogP contribution in [0.3, 0.4) is 0 Å². The fraction of sp³-hybridized carbons (Fsp3) is 0.364. The molecule has 1 amide bonds. The maximum atomic E-state index is 12.6. The van der Waals surface area contributed by atoms with Gasteiger partial charge < -0.3 is 4.90 Å². The summed E-state index contributed by atoms with van der Waals surface area (Å²) in [7, 11) is 0. The van der Waals surface area contributed by atoms with Gasteiger partial charge in [0.1, 0.15) is 0 Å². The van der Waals surface area contributed by atoms with Gasteiger partial charge in [-0.05, 0) is 38.9 Å². The van der Waals surface area contributed by atoms with E-state index in [-0.39, 0.29) is 17.7 Å². The molecule has 0 spiro atoms. The summed E-state index contributed by atoms with van der Waals surface area (Å²) in [6, 6.07) is 17.8. The van der Waals surface area contributed by atoms with E-state index in [9.17, 15) is 9.59 Å². The van der Waals surface area contributed by atoms with Gasteiger partial charge in [0.05, 0.1) is 6.54 Å². The third-order valence-corrected chi connectivity index (χ3v) is 5.00. The summed E-state index contributed by atoms with van der Waals surface area (Å²) in [6.45, 7) is 6.06. The molecule has 1 unspecified atom stereocenters. The molecule has 0 saturated carbocycles. The minimum Gasteiger partial charge on any atom is -0.310 e. The number of rotatable bonds is 6. The number of ketones is 1. The van der Waals surface area contributed by atoms with Gasteiger partial charge in [-0.1, -0.05) is 48.0 Å². The van der Waals surface area contributed by atoms with Crippen molar-refractivity contribution in [2.24, 2.45) is 0 Å². The van der Waals surface area contributed by atoms with Crippen LogP contribution in [0.4, 0.5) is 5.69 Å². The lowest BCUT2D eigenvalue weighted by Crippen LogP contribution is -2.55. The van der Waals surface area contributed by atoms with Crippen LogP contribution >= 0.6 is 0 Å². The second-order valence-electron chi connectivity index (χ2n) is 7.05. The average molecular weight is 350 g/mol. The Morgan fingerprint density at radius 1 is 1.08 bits per heavy atom. The third-order valence-electron chi connectivity index (χ3n) is 5.00. The molecule has 0 aromatic heterocycles. The summed E-state index contributed by atoms with van der Waals surface area (Å²) in [5.41, 5.74) is 2.92. The number of nitrogens with zero attached hydrogens (tertiary/aromatic N) is 2. The molecule has 2 aromatic carbocycles. The summed E-state index contributed by atoms with van der Waals surface area (Å²) in [6.07, 6.45) is 1.29. The van der Waals surface area contributed by atoms with Gasteiger partial charge in [-0.3, -0.25) is 14.5 Å². The van der Waals surface area contributed by atoms with E-state index in [0.717, 1.165) is 24.2 Å². The predicted molar refractivity (Wildman–Crippen MR) is 105 cm³/mol. The van der Waals surface area contributed by atoms with Crippen molar-refractivity contribution < 1.29 is 9.59 Å². The van der Waals surface area contributed by atoms with Gasteiger partial charge in [0.25, 0.3) is 0 Å². The van der Waals surface area contributed by atoms with Crippen molar-refractivity contribution >= 4 is 17.4 Å². The Morgan fingerprint density at radius 3 is 2.46 bits per heavy atom. The Hall–Kier alpha value is -2.46. The minimum absolute atomic E-state index is 0.126. The van der Waals surface area contributed by atoms with Crippen molar-refractivity contribution in [1.29, 1.82) is 0 Å². The Bertz CT molecular complexity index is 755. The molecule has 26 heavy (non-hydrogen) atoms. The lowest BCUT2D eigenvalue weighted by molar-refractivity contribution is -0.122. The van der Waals surface area contributed by atoms with E-state index in [0.29, 0.717) is 19.5 Å². The molecule has 2 aromatic rings. The van der Waals surface area contributed by atoms with Crippen molar-refractivity contribution in [1.82, 2.24) is 4.90 Å². The fourth-order valence-electron chi connectivity index (χ4n) is 3.38. The van der Waals surface area contributed by atoms with Crippen molar-refractivity contribution in [2.45, 2.75) is 32.7 Å². The number of piperazine rings is 1. The monoisotopic (exact) mass is 350 g/mol. The highest BCUT2D eigenvalue weighted by Gasteiger charge is 2.29. The molecule has 1 saturated heterocycles. The Balaban J connectivity index is 1.52. The lowest BCUT2D eigenvalue weighted by atomic mass is 10.1. The van der Waals surface area contributed by atoms with E-state index in [1.165, 1.54) is 5.56 Å². The maximum Gasteiger partial charge on any atom is 0.241 e. The van der Waals surface area contributed by atoms with Crippen LogP contribution in [0.1, 0.15) is 35.7 Å². The number of aryl methyl sites for hydroxylation is 1. The van der Waals surface area contributed by atoms with E-state index in [4.69, 9.17) is 0 Å². The lowest BCUT2D eigenvalue weighted by Gasteiger charge is -2.39. The highest BCUT2D eigenvalue weighted by Crippen LogP contribution is 2.21. The van der Waals surface area contributed by atoms with Crippen LogP contribution in [-0.2, 0) is 4.79 Å². The third kappa shape index (κ3) is 4.38. The first-order valence-corrected chi connectivity index (χ1v) is 9.24. The Kier molecular flexibility index (Phi) is 5.84. The normalized spacial score (nSPS) is 18.2. The number of carbonyl (C=O) groups excluding carboxylic acids is 2. The first-order chi connectivity index (χ1) is 12.5. The van der Waals surface area contributed by atoms with Crippen LogP contribution in [0.25, 0.3) is 0 Å². The molecule has 1 aliphatic heterocycles. The van der Waals surface area contributed by atoms with E-state index in [1.54, 1.807) is 0 Å². The summed E-state index contributed by atoms with van der Waals surface area (Å²) < 4.78 is 0. The molecular formula is C22H26N2O2. The van der Waals surface area contributed by atoms with E-state index in [2.05, 4.69) is 11.8 Å². The van der Waals surface area contributed by atoms with Crippen molar-refractivity contribution in [3.8, 4) is 0 Å². The van der Waals surface area contributed by atoms with E-state index in [1.807, 2.05) is 66.4 Å². The van der Waals surface area contributed by atoms with Crippen molar-refractivity contribution in [3.63, 3.8) is 0 Å². The summed E-state index contributed by atoms with van der Waals surface area (Å²) in [5, 5.41) is 0. The van der Waals surface area contributed by atoms with Crippen LogP contribution in [0.5, 0.6) is 0 Å². The average Bonchev–Trinajstić information content (AvgIpc) is 2.65. The smallest absolute Gasteiger partial charge is 0.241 e. The second kappa shape index (κ2) is 8.28. The van der Waals surface area contributed by atoms with Gasteiger partial charge in [0.2, 0.25) is 5.91 Å². The number of anilines is 1. The SMILES string of the molecule is Cc1ccc(N2CC(C)N(CCCC(=O)c3ccccc3)CC2=O)cc1. The quantitative estimate of drug-likeness (QED) is 0.746. The van der Waals surface area contributed by atoms with Crippen LogP contribution < -0.4 is 4.90 Å². The molecule has 4 heteroatoms. The van der Waals surface area contributed by atoms with E-state index < -0.39 is 0 Å². The first-order valence-electron chi connectivity index (χ1n) is 9.24. The van der Waals surface area contributed by atoms with Crippen LogP contribution in [-0.4, -0.2) is 42.3 Å². The Labute approximate surface area is 155 Å². The topological polar surface area (TPSA) is 40.6 Å². The molecule has 3 rings (SSSR count). The van der Waals surface area contributed by atoms with Gasteiger partial charge in [-0.2, -0.15) is 0 Å². The zero-order valence-electron chi connectivity index (χ0n) is 15.5. The number of hydrogen-bond donors (Lipinski definition) is 0. The molecule has 136 valence electrons. The number of hydrogen-bond acceptors (Lipinski definition) is 3. The van der Waals surface area contributed by atoms with Crippen LogP contribution in [0.15, 0.2) is 54.6 Å². The fourth-order valence-corrected chi connectivity index (χ4v) is 3.38. The zero-order valence-corrected chi connectivity index (χ0v) is 15.5. The molecule has 0 N–H and O–H groups in total. The van der Waals surface area contributed by atoms with Gasteiger partial charge in [0.15, 0.2) is 5.78 Å². The molecule has 0 aliphatic carbocycles. The number of amides is 1. The largest absolute Gasteiger partial charge is 0.310 e. The number of Topliss-reactive ketones (excluding diaryl/α,β-unsaturated/α-hetero) is 1. The van der Waals surface area contributed by atoms with Gasteiger partial charge in [0, 0.05) is 30.3 Å². The molecule has 1 atom stereocenters. The summed E-state index contributed by atoms with van der Waals surface area (Å²) >= 11 is 0. The minimum atomic E-state index is 0.126. The van der Waals surface area contributed by atoms with Crippen LogP contribution in [0, 0.1) is 6.92 Å². The highest BCUT2D eigenvalue weighted by atomic mass is 16.2. The van der Waals surface area contributed by atoms with Crippen molar-refractivity contribution in [2.75, 3.05) is 24.5 Å². The standard InChI is InChI=1S/C22H26N2O2/c1-17-10-12-20(13-11-17)24-15-18(2)23(16-22(24)26)14-6-9-21(25)19-7-4-3-5-8-19/h3-5,7-8,10-13,18H,6,9,14-16H2,1-2H3. The number of benzene rings is 2. The van der Waals surface area contributed by atoms with Gasteiger partial charge in [-0.15, -0.1) is 0 Å². The first kappa shape index (κ1) is 18.3. The van der Waals surface area contributed by atoms with E-state index >= 15 is 0 Å². The molecule has 0 bridgehead atoms. The molecule has 1 fully saturated rings. The maximum absolute atomic E-state index is 12.6. The molecule has 4 nitrogen and oxygen atoms in total. The summed E-state index contributed by atoms with van der Waals surface area (Å²) in [5.74, 6) is 0.296. The molecule has 1 heterocycles. The molecule has 1 aliphatic rings. The molecular weight excluding hydrogens is 324 g/mol. The predicted octanol–water partition coefficient (Wildman–Crippen LogP) is 3.70. The summed E-state index contributed by atoms with van der Waals surface area (Å²) in [4.78, 5) is 28.8. The van der Waals surface area contributed by atoms with Gasteiger partial charge in [-0.25, -0.2) is 0 Å². The zero-order chi connectivity index (χ0) is 18.5. The molecule has 0 radical (unpaired) electrons. The number of carbonyl (C=O) groups is 2. The van der Waals surface area contributed by atoms with Crippen LogP contribution in [0.2, 0.25) is 0 Å².